The molecule has 0 bridgehead atoms. The van der Waals surface area contributed by atoms with Crippen LogP contribution in [0.4, 0.5) is 0 Å². The predicted molar refractivity (Wildman–Crippen MR) is 326 cm³/mol. The third kappa shape index (κ3) is 62.6. The zero-order valence-electron chi connectivity index (χ0n) is 50.8. The summed E-state index contributed by atoms with van der Waals surface area (Å²) in [6.45, 7) is 6.70. The first-order chi connectivity index (χ1) is 37.0. The predicted octanol–water partition coefficient (Wildman–Crippen LogP) is 23.0. The second-order valence-corrected chi connectivity index (χ2v) is 23.1. The van der Waals surface area contributed by atoms with E-state index in [1.165, 1.54) is 276 Å². The van der Waals surface area contributed by atoms with Crippen LogP contribution < -0.4 is 0 Å². The molecule has 0 amide bonds. The van der Waals surface area contributed by atoms with Gasteiger partial charge in [-0.3, -0.25) is 14.4 Å². The van der Waals surface area contributed by atoms with E-state index in [4.69, 9.17) is 14.2 Å². The number of carbonyl (C=O) groups is 3. The van der Waals surface area contributed by atoms with Crippen molar-refractivity contribution in [1.82, 2.24) is 0 Å². The molecule has 1 atom stereocenters. The molecule has 0 N–H and O–H groups in total. The van der Waals surface area contributed by atoms with Crippen molar-refractivity contribution in [3.05, 3.63) is 24.3 Å². The Morgan fingerprint density at radius 1 is 0.253 bits per heavy atom. The number of ether oxygens (including phenoxy) is 3. The maximum Gasteiger partial charge on any atom is 0.306 e. The van der Waals surface area contributed by atoms with E-state index >= 15 is 0 Å². The first-order valence-electron chi connectivity index (χ1n) is 33.8. The van der Waals surface area contributed by atoms with Gasteiger partial charge in [0.1, 0.15) is 13.2 Å². The van der Waals surface area contributed by atoms with E-state index in [0.717, 1.165) is 64.2 Å². The maximum absolute atomic E-state index is 12.9. The highest BCUT2D eigenvalue weighted by atomic mass is 16.6. The molecule has 0 heterocycles. The summed E-state index contributed by atoms with van der Waals surface area (Å²) in [7, 11) is 0. The fourth-order valence-electron chi connectivity index (χ4n) is 10.3. The van der Waals surface area contributed by atoms with Gasteiger partial charge in [0.15, 0.2) is 6.10 Å². The molecule has 0 radical (unpaired) electrons. The molecule has 0 aliphatic heterocycles. The van der Waals surface area contributed by atoms with Crippen LogP contribution in [0.3, 0.4) is 0 Å². The SMILES string of the molecule is CCCCCCCC/C=C\CCCCCCCCCCCCCC(=O)OC[C@H](COC(=O)CCCCCCC/C=C\CCCCCCCC)OC(=O)CCCCCCCCCCCCCCCCCCCCCCC. The molecule has 0 saturated carbocycles. The van der Waals surface area contributed by atoms with E-state index in [2.05, 4.69) is 45.1 Å². The number of allylic oxidation sites excluding steroid dienone is 4. The van der Waals surface area contributed by atoms with Gasteiger partial charge in [0.05, 0.1) is 0 Å². The van der Waals surface area contributed by atoms with E-state index in [1.54, 1.807) is 0 Å². The molecule has 442 valence electrons. The Labute approximate surface area is 468 Å². The molecule has 0 rings (SSSR count). The molecule has 75 heavy (non-hydrogen) atoms. The van der Waals surface area contributed by atoms with E-state index in [1.807, 2.05) is 0 Å². The normalized spacial score (nSPS) is 12.1. The minimum Gasteiger partial charge on any atom is -0.462 e. The van der Waals surface area contributed by atoms with Crippen molar-refractivity contribution in [2.75, 3.05) is 13.2 Å². The molecule has 0 fully saturated rings. The van der Waals surface area contributed by atoms with Gasteiger partial charge in [-0.15, -0.1) is 0 Å². The van der Waals surface area contributed by atoms with Crippen LogP contribution in [0.15, 0.2) is 24.3 Å². The van der Waals surface area contributed by atoms with Crippen LogP contribution in [0.2, 0.25) is 0 Å². The standard InChI is InChI=1S/C69H130O6/c1-4-7-10-13-16-19-22-25-28-30-32-34-36-38-41-44-47-50-53-56-59-62-68(71)74-65-66(64-73-67(70)61-58-55-52-49-46-43-40-27-24-21-18-15-12-9-6-3)75-69(72)63-60-57-54-51-48-45-42-39-37-35-33-31-29-26-23-20-17-14-11-8-5-2/h25,27-28,40,66H,4-24,26,29-39,41-65H2,1-3H3/b28-25-,40-27-/t66-/m0/s1. The Balaban J connectivity index is 4.29. The Morgan fingerprint density at radius 2 is 0.440 bits per heavy atom. The van der Waals surface area contributed by atoms with E-state index < -0.39 is 6.10 Å². The van der Waals surface area contributed by atoms with Gasteiger partial charge in [0.25, 0.3) is 0 Å². The van der Waals surface area contributed by atoms with Crippen molar-refractivity contribution < 1.29 is 28.6 Å². The lowest BCUT2D eigenvalue weighted by Crippen LogP contribution is -2.30. The van der Waals surface area contributed by atoms with Gasteiger partial charge < -0.3 is 14.2 Å². The highest BCUT2D eigenvalue weighted by molar-refractivity contribution is 5.71. The summed E-state index contributed by atoms with van der Waals surface area (Å²) in [5, 5.41) is 0. The number of unbranched alkanes of at least 4 members (excludes halogenated alkanes) is 48. The van der Waals surface area contributed by atoms with E-state index in [9.17, 15) is 14.4 Å². The van der Waals surface area contributed by atoms with Gasteiger partial charge in [-0.2, -0.15) is 0 Å². The quantitative estimate of drug-likeness (QED) is 0.0261. The molecule has 0 aromatic rings. The summed E-state index contributed by atoms with van der Waals surface area (Å²) >= 11 is 0. The fourth-order valence-corrected chi connectivity index (χ4v) is 10.3. The van der Waals surface area contributed by atoms with Crippen LogP contribution in [-0.4, -0.2) is 37.2 Å². The van der Waals surface area contributed by atoms with Gasteiger partial charge >= 0.3 is 17.9 Å². The number of hydrogen-bond acceptors (Lipinski definition) is 6. The highest BCUT2D eigenvalue weighted by Crippen LogP contribution is 2.18. The lowest BCUT2D eigenvalue weighted by molar-refractivity contribution is -0.167. The topological polar surface area (TPSA) is 78.9 Å². The number of rotatable bonds is 63. The molecular formula is C69H130O6. The summed E-state index contributed by atoms with van der Waals surface area (Å²) in [6.07, 6.45) is 77.6. The van der Waals surface area contributed by atoms with Crippen LogP contribution in [0, 0.1) is 0 Å². The van der Waals surface area contributed by atoms with Crippen LogP contribution in [-0.2, 0) is 28.6 Å². The Kier molecular flexibility index (Phi) is 62.6. The molecule has 0 spiro atoms. The summed E-state index contributed by atoms with van der Waals surface area (Å²) in [6, 6.07) is 0. The number of esters is 3. The Morgan fingerprint density at radius 3 is 0.667 bits per heavy atom. The second-order valence-electron chi connectivity index (χ2n) is 23.1. The molecule has 0 aliphatic rings. The maximum atomic E-state index is 12.9. The molecule has 6 nitrogen and oxygen atoms in total. The summed E-state index contributed by atoms with van der Waals surface area (Å²) in [5.41, 5.74) is 0. The van der Waals surface area contributed by atoms with Crippen LogP contribution in [0.5, 0.6) is 0 Å². The summed E-state index contributed by atoms with van der Waals surface area (Å²) in [4.78, 5) is 38.4. The van der Waals surface area contributed by atoms with Crippen molar-refractivity contribution in [1.29, 1.82) is 0 Å². The van der Waals surface area contributed by atoms with E-state index in [-0.39, 0.29) is 31.1 Å². The van der Waals surface area contributed by atoms with Crippen molar-refractivity contribution in [3.8, 4) is 0 Å². The molecule has 6 heteroatoms. The fraction of sp³-hybridized carbons (Fsp3) is 0.899. The van der Waals surface area contributed by atoms with Crippen molar-refractivity contribution in [2.45, 2.75) is 386 Å². The van der Waals surface area contributed by atoms with Gasteiger partial charge in [-0.05, 0) is 70.6 Å². The zero-order chi connectivity index (χ0) is 54.3. The third-order valence-corrected chi connectivity index (χ3v) is 15.4. The lowest BCUT2D eigenvalue weighted by Gasteiger charge is -2.18. The minimum absolute atomic E-state index is 0.0689. The van der Waals surface area contributed by atoms with Gasteiger partial charge in [-0.1, -0.05) is 315 Å². The van der Waals surface area contributed by atoms with Crippen molar-refractivity contribution >= 4 is 17.9 Å². The average Bonchev–Trinajstić information content (AvgIpc) is 3.41. The number of hydrogen-bond donors (Lipinski definition) is 0. The smallest absolute Gasteiger partial charge is 0.306 e. The Bertz CT molecular complexity index is 1210. The second kappa shape index (κ2) is 64.4. The van der Waals surface area contributed by atoms with Crippen molar-refractivity contribution in [3.63, 3.8) is 0 Å². The Hall–Kier alpha value is -2.11. The molecule has 0 aromatic carbocycles. The first kappa shape index (κ1) is 72.9. The highest BCUT2D eigenvalue weighted by Gasteiger charge is 2.19. The van der Waals surface area contributed by atoms with E-state index in [0.29, 0.717) is 19.3 Å². The van der Waals surface area contributed by atoms with Gasteiger partial charge in [-0.25, -0.2) is 0 Å². The van der Waals surface area contributed by atoms with Gasteiger partial charge in [0, 0.05) is 19.3 Å². The molecular weight excluding hydrogens is 925 g/mol. The molecule has 0 unspecified atom stereocenters. The van der Waals surface area contributed by atoms with Crippen LogP contribution in [0.1, 0.15) is 380 Å². The first-order valence-corrected chi connectivity index (χ1v) is 33.8. The monoisotopic (exact) mass is 1050 g/mol. The largest absolute Gasteiger partial charge is 0.462 e. The molecule has 0 aromatic heterocycles. The zero-order valence-corrected chi connectivity index (χ0v) is 50.8. The summed E-state index contributed by atoms with van der Waals surface area (Å²) < 4.78 is 17.0. The average molecular weight is 1060 g/mol. The third-order valence-electron chi connectivity index (χ3n) is 15.4. The molecule has 0 saturated heterocycles. The van der Waals surface area contributed by atoms with Gasteiger partial charge in [0.2, 0.25) is 0 Å². The summed E-state index contributed by atoms with van der Waals surface area (Å²) in [5.74, 6) is -0.848. The van der Waals surface area contributed by atoms with Crippen LogP contribution in [0.25, 0.3) is 0 Å². The molecule has 0 aliphatic carbocycles. The van der Waals surface area contributed by atoms with Crippen molar-refractivity contribution in [2.24, 2.45) is 0 Å². The minimum atomic E-state index is -0.772. The van der Waals surface area contributed by atoms with Crippen LogP contribution >= 0.6 is 0 Å². The number of carbonyl (C=O) groups excluding carboxylic acids is 3. The lowest BCUT2D eigenvalue weighted by atomic mass is 10.0.